The van der Waals surface area contributed by atoms with Crippen LogP contribution in [0.3, 0.4) is 0 Å². The predicted octanol–water partition coefficient (Wildman–Crippen LogP) is 5.72. The number of benzene rings is 1. The molecule has 0 unspecified atom stereocenters. The fourth-order valence-electron chi connectivity index (χ4n) is 2.65. The Labute approximate surface area is 198 Å². The zero-order chi connectivity index (χ0) is 25.3. The van der Waals surface area contributed by atoms with Gasteiger partial charge in [-0.3, -0.25) is 0 Å². The topological polar surface area (TPSA) is 106 Å². The van der Waals surface area contributed by atoms with Crippen molar-refractivity contribution in [2.24, 2.45) is 0 Å². The SMILES string of the molecule is COc1ccc(-c2cccnc2Oc2ccc(Nc3ccccn3)cc2)cn1.O=C(O)C(F)(F)F. The minimum absolute atomic E-state index is 0.514. The van der Waals surface area contributed by atoms with Crippen LogP contribution in [0.25, 0.3) is 11.1 Å². The summed E-state index contributed by atoms with van der Waals surface area (Å²) in [4.78, 5) is 21.8. The number of anilines is 2. The van der Waals surface area contributed by atoms with Gasteiger partial charge in [-0.2, -0.15) is 13.2 Å². The molecule has 4 rings (SSSR count). The molecule has 0 saturated heterocycles. The first-order chi connectivity index (χ1) is 16.8. The number of nitrogens with zero attached hydrogens (tertiary/aromatic N) is 3. The average Bonchev–Trinajstić information content (AvgIpc) is 2.86. The number of alkyl halides is 3. The molecule has 0 saturated carbocycles. The van der Waals surface area contributed by atoms with E-state index in [0.29, 0.717) is 17.5 Å². The van der Waals surface area contributed by atoms with Gasteiger partial charge in [0.1, 0.15) is 11.6 Å². The van der Waals surface area contributed by atoms with Crippen molar-refractivity contribution < 1.29 is 32.5 Å². The zero-order valence-corrected chi connectivity index (χ0v) is 18.2. The normalized spacial score (nSPS) is 10.5. The number of ether oxygens (including phenoxy) is 2. The van der Waals surface area contributed by atoms with Crippen molar-refractivity contribution >= 4 is 17.5 Å². The highest BCUT2D eigenvalue weighted by Gasteiger charge is 2.38. The number of aromatic nitrogens is 3. The maximum Gasteiger partial charge on any atom is 0.490 e. The monoisotopic (exact) mass is 484 g/mol. The molecule has 0 aliphatic heterocycles. The molecule has 0 atom stereocenters. The van der Waals surface area contributed by atoms with Crippen LogP contribution < -0.4 is 14.8 Å². The molecule has 2 N–H and O–H groups in total. The van der Waals surface area contributed by atoms with Gasteiger partial charge in [-0.25, -0.2) is 19.7 Å². The van der Waals surface area contributed by atoms with Crippen molar-refractivity contribution in [3.63, 3.8) is 0 Å². The number of carbonyl (C=O) groups is 1. The Morgan fingerprint density at radius 3 is 2.20 bits per heavy atom. The van der Waals surface area contributed by atoms with Crippen LogP contribution in [0.4, 0.5) is 24.7 Å². The van der Waals surface area contributed by atoms with Gasteiger partial charge in [-0.15, -0.1) is 0 Å². The number of methoxy groups -OCH3 is 1. The lowest BCUT2D eigenvalue weighted by atomic mass is 10.1. The van der Waals surface area contributed by atoms with Gasteiger partial charge < -0.3 is 19.9 Å². The highest BCUT2D eigenvalue weighted by molar-refractivity contribution is 5.73. The Morgan fingerprint density at radius 2 is 1.63 bits per heavy atom. The van der Waals surface area contributed by atoms with Crippen molar-refractivity contribution in [2.45, 2.75) is 6.18 Å². The van der Waals surface area contributed by atoms with Gasteiger partial charge >= 0.3 is 12.1 Å². The largest absolute Gasteiger partial charge is 0.490 e. The second-order valence-electron chi connectivity index (χ2n) is 6.71. The molecule has 0 fully saturated rings. The molecule has 8 nitrogen and oxygen atoms in total. The number of nitrogens with one attached hydrogen (secondary N) is 1. The summed E-state index contributed by atoms with van der Waals surface area (Å²) < 4.78 is 42.9. The maximum atomic E-state index is 10.6. The van der Waals surface area contributed by atoms with E-state index < -0.39 is 12.1 Å². The predicted molar refractivity (Wildman–Crippen MR) is 122 cm³/mol. The molecule has 35 heavy (non-hydrogen) atoms. The molecule has 3 heterocycles. The summed E-state index contributed by atoms with van der Waals surface area (Å²) in [6.07, 6.45) is 0.103. The lowest BCUT2D eigenvalue weighted by Crippen LogP contribution is -2.21. The molecule has 0 amide bonds. The standard InChI is InChI=1S/C22H18N4O2.C2HF3O2/c1-27-21-12-7-16(15-25-21)19-5-4-14-24-22(19)28-18-10-8-17(9-11-18)26-20-6-2-3-13-23-20;3-2(4,5)1(6)7/h2-15H,1H3,(H,23,26);(H,6,7). The van der Waals surface area contributed by atoms with Crippen molar-refractivity contribution in [1.82, 2.24) is 15.0 Å². The van der Waals surface area contributed by atoms with Crippen molar-refractivity contribution in [3.8, 4) is 28.6 Å². The lowest BCUT2D eigenvalue weighted by Gasteiger charge is -2.11. The van der Waals surface area contributed by atoms with E-state index in [0.717, 1.165) is 22.6 Å². The van der Waals surface area contributed by atoms with Gasteiger partial charge in [-0.1, -0.05) is 6.07 Å². The Bertz CT molecular complexity index is 1240. The second kappa shape index (κ2) is 11.5. The van der Waals surface area contributed by atoms with E-state index in [4.69, 9.17) is 19.4 Å². The minimum atomic E-state index is -5.08. The van der Waals surface area contributed by atoms with E-state index in [9.17, 15) is 13.2 Å². The molecule has 11 heteroatoms. The molecular weight excluding hydrogens is 465 g/mol. The molecule has 0 radical (unpaired) electrons. The summed E-state index contributed by atoms with van der Waals surface area (Å²) in [6.45, 7) is 0. The lowest BCUT2D eigenvalue weighted by molar-refractivity contribution is -0.192. The molecule has 3 aromatic heterocycles. The quantitative estimate of drug-likeness (QED) is 0.358. The smallest absolute Gasteiger partial charge is 0.481 e. The minimum Gasteiger partial charge on any atom is -0.481 e. The van der Waals surface area contributed by atoms with Crippen LogP contribution in [0.1, 0.15) is 0 Å². The van der Waals surface area contributed by atoms with E-state index in [1.165, 1.54) is 0 Å². The summed E-state index contributed by atoms with van der Waals surface area (Å²) in [7, 11) is 1.59. The Balaban J connectivity index is 0.000000429. The highest BCUT2D eigenvalue weighted by atomic mass is 19.4. The summed E-state index contributed by atoms with van der Waals surface area (Å²) in [5.41, 5.74) is 2.68. The first-order valence-electron chi connectivity index (χ1n) is 9.98. The third kappa shape index (κ3) is 7.42. The zero-order valence-electron chi connectivity index (χ0n) is 18.2. The van der Waals surface area contributed by atoms with Gasteiger partial charge in [0.05, 0.1) is 7.11 Å². The van der Waals surface area contributed by atoms with Gasteiger partial charge in [-0.05, 0) is 54.6 Å². The molecule has 0 bridgehead atoms. The van der Waals surface area contributed by atoms with Crippen LogP contribution >= 0.6 is 0 Å². The van der Waals surface area contributed by atoms with Gasteiger partial charge in [0.15, 0.2) is 0 Å². The van der Waals surface area contributed by atoms with Crippen LogP contribution in [0, 0.1) is 0 Å². The van der Waals surface area contributed by atoms with E-state index in [1.807, 2.05) is 66.7 Å². The number of aliphatic carboxylic acids is 1. The van der Waals surface area contributed by atoms with E-state index in [-0.39, 0.29) is 0 Å². The number of rotatable bonds is 6. The summed E-state index contributed by atoms with van der Waals surface area (Å²) in [6, 6.07) is 20.9. The van der Waals surface area contributed by atoms with E-state index >= 15 is 0 Å². The van der Waals surface area contributed by atoms with Crippen LogP contribution in [0.5, 0.6) is 17.5 Å². The summed E-state index contributed by atoms with van der Waals surface area (Å²) in [5.74, 6) is -0.207. The van der Waals surface area contributed by atoms with Crippen molar-refractivity contribution in [1.29, 1.82) is 0 Å². The van der Waals surface area contributed by atoms with Crippen LogP contribution in [0.2, 0.25) is 0 Å². The molecule has 1 aromatic carbocycles. The number of pyridine rings is 3. The average molecular weight is 484 g/mol. The molecule has 4 aromatic rings. The molecule has 0 aliphatic rings. The molecule has 0 spiro atoms. The fraction of sp³-hybridized carbons (Fsp3) is 0.0833. The third-order valence-corrected chi connectivity index (χ3v) is 4.28. The summed E-state index contributed by atoms with van der Waals surface area (Å²) in [5, 5.41) is 10.4. The number of carboxylic acids is 1. The van der Waals surface area contributed by atoms with Crippen LogP contribution in [-0.2, 0) is 4.79 Å². The van der Waals surface area contributed by atoms with E-state index in [2.05, 4.69) is 20.3 Å². The maximum absolute atomic E-state index is 10.6. The Hall–Kier alpha value is -4.67. The number of carboxylic acid groups (broad SMARTS) is 1. The van der Waals surface area contributed by atoms with Crippen LogP contribution in [0.15, 0.2) is 85.3 Å². The van der Waals surface area contributed by atoms with Gasteiger partial charge in [0.25, 0.3) is 0 Å². The van der Waals surface area contributed by atoms with Gasteiger partial charge in [0, 0.05) is 41.5 Å². The van der Waals surface area contributed by atoms with Crippen molar-refractivity contribution in [3.05, 3.63) is 85.3 Å². The second-order valence-corrected chi connectivity index (χ2v) is 6.71. The molecule has 0 aliphatic carbocycles. The molecular formula is C24H19F3N4O4. The van der Waals surface area contributed by atoms with Gasteiger partial charge in [0.2, 0.25) is 11.8 Å². The van der Waals surface area contributed by atoms with Crippen LogP contribution in [-0.4, -0.2) is 39.3 Å². The van der Waals surface area contributed by atoms with E-state index in [1.54, 1.807) is 25.7 Å². The fourth-order valence-corrected chi connectivity index (χ4v) is 2.65. The first kappa shape index (κ1) is 25.0. The Morgan fingerprint density at radius 1 is 0.914 bits per heavy atom. The highest BCUT2D eigenvalue weighted by Crippen LogP contribution is 2.32. The number of hydrogen-bond donors (Lipinski definition) is 2. The Kier molecular flexibility index (Phi) is 8.17. The first-order valence-corrected chi connectivity index (χ1v) is 9.98. The third-order valence-electron chi connectivity index (χ3n) is 4.28. The summed E-state index contributed by atoms with van der Waals surface area (Å²) >= 11 is 0. The number of halogens is 3. The van der Waals surface area contributed by atoms with Crippen molar-refractivity contribution in [2.75, 3.05) is 12.4 Å². The molecule has 180 valence electrons. The number of hydrogen-bond acceptors (Lipinski definition) is 7.